The molecule has 0 fully saturated rings. The van der Waals surface area contributed by atoms with Gasteiger partial charge in [0.1, 0.15) is 11.2 Å². The summed E-state index contributed by atoms with van der Waals surface area (Å²) in [4.78, 5) is 15.0. The van der Waals surface area contributed by atoms with Gasteiger partial charge in [0, 0.05) is 43.9 Å². The maximum Gasteiger partial charge on any atom is 0.166 e. The quantitative estimate of drug-likeness (QED) is 0.171. The summed E-state index contributed by atoms with van der Waals surface area (Å²) in [7, 11) is 0. The summed E-state index contributed by atoms with van der Waals surface area (Å²) in [5, 5.41) is 2.03. The fourth-order valence-electron chi connectivity index (χ4n) is 7.58. The van der Waals surface area contributed by atoms with Crippen LogP contribution in [0.1, 0.15) is 9.60 Å². The molecule has 3 aromatic heterocycles. The summed E-state index contributed by atoms with van der Waals surface area (Å²) < 4.78 is 71.9. The van der Waals surface area contributed by atoms with Crippen LogP contribution in [0.5, 0.6) is 0 Å². The lowest BCUT2D eigenvalue weighted by molar-refractivity contribution is 0.669. The first-order valence-corrected chi connectivity index (χ1v) is 18.2. The second-order valence-corrected chi connectivity index (χ2v) is 13.5. The van der Waals surface area contributed by atoms with Crippen LogP contribution >= 0.6 is 0 Å². The Bertz CT molecular complexity index is 3630. The molecular weight excluding hydrogens is 685 g/mol. The van der Waals surface area contributed by atoms with Crippen molar-refractivity contribution in [2.24, 2.45) is 0 Å². The molecule has 0 N–H and O–H groups in total. The van der Waals surface area contributed by atoms with Crippen LogP contribution in [0.2, 0.25) is 0 Å². The monoisotopic (exact) mass is 723 g/mol. The molecule has 262 valence electrons. The molecule has 0 atom stereocenters. The van der Waals surface area contributed by atoms with Crippen LogP contribution in [0, 0.1) is 0 Å². The van der Waals surface area contributed by atoms with E-state index in [-0.39, 0.29) is 63.2 Å². The Morgan fingerprint density at radius 3 is 1.82 bits per heavy atom. The number of rotatable bonds is 6. The van der Waals surface area contributed by atoms with E-state index in [9.17, 15) is 4.11 Å². The van der Waals surface area contributed by atoms with Gasteiger partial charge in [-0.25, -0.2) is 15.0 Å². The molecule has 11 aromatic rings. The van der Waals surface area contributed by atoms with Crippen molar-refractivity contribution < 1.29 is 14.0 Å². The van der Waals surface area contributed by atoms with Crippen LogP contribution in [-0.2, 0) is 0 Å². The maximum atomic E-state index is 9.53. The zero-order chi connectivity index (χ0) is 43.1. The van der Waals surface area contributed by atoms with Crippen LogP contribution in [0.3, 0.4) is 0 Å². The molecular formula is C51H32N4O. The van der Waals surface area contributed by atoms with Gasteiger partial charge in [-0.15, -0.1) is 0 Å². The van der Waals surface area contributed by atoms with Crippen molar-refractivity contribution >= 4 is 43.7 Å². The van der Waals surface area contributed by atoms with Gasteiger partial charge in [-0.05, 0) is 64.7 Å². The Morgan fingerprint density at radius 2 is 1.05 bits per heavy atom. The number of hydrogen-bond donors (Lipinski definition) is 0. The van der Waals surface area contributed by atoms with Gasteiger partial charge in [-0.1, -0.05) is 152 Å². The van der Waals surface area contributed by atoms with Crippen LogP contribution in [0.25, 0.3) is 106 Å². The molecule has 0 aliphatic carbocycles. The maximum absolute atomic E-state index is 9.53. The topological polar surface area (TPSA) is 56.7 Å². The summed E-state index contributed by atoms with van der Waals surface area (Å²) in [6, 6.07) is 45.9. The smallest absolute Gasteiger partial charge is 0.166 e. The highest BCUT2D eigenvalue weighted by atomic mass is 16.3. The standard InChI is InChI=1S/C51H32N4O/c1-4-14-33(15-5-1)34-26-29-38(30-27-34)55-44-24-11-10-20-40(44)41-22-12-23-43(48(41)55)51-53-49(36-18-8-3-9-19-36)52-50(54-51)37-28-31-42-46(32-37)56-45-25-13-21-39(47(42)45)35-16-6-2-7-17-35/h1-32H/i10D,11D,12D,20D,22D,23D,24D. The highest BCUT2D eigenvalue weighted by Crippen LogP contribution is 2.40. The number of nitrogens with zero attached hydrogens (tertiary/aromatic N) is 4. The van der Waals surface area contributed by atoms with Gasteiger partial charge in [0.05, 0.1) is 20.6 Å². The van der Waals surface area contributed by atoms with E-state index in [2.05, 4.69) is 18.2 Å². The number of para-hydroxylation sites is 2. The van der Waals surface area contributed by atoms with Gasteiger partial charge in [0.2, 0.25) is 0 Å². The molecule has 5 heteroatoms. The highest BCUT2D eigenvalue weighted by molar-refractivity contribution is 6.14. The normalized spacial score (nSPS) is 13.3. The minimum absolute atomic E-state index is 0.0265. The predicted octanol–water partition coefficient (Wildman–Crippen LogP) is 13.2. The number of hydrogen-bond acceptors (Lipinski definition) is 4. The average Bonchev–Trinajstić information content (AvgIpc) is 3.89. The number of benzene rings is 8. The Morgan fingerprint density at radius 1 is 0.429 bits per heavy atom. The molecule has 5 nitrogen and oxygen atoms in total. The van der Waals surface area contributed by atoms with Gasteiger partial charge in [0.25, 0.3) is 0 Å². The van der Waals surface area contributed by atoms with Gasteiger partial charge >= 0.3 is 0 Å². The van der Waals surface area contributed by atoms with Crippen LogP contribution < -0.4 is 0 Å². The lowest BCUT2D eigenvalue weighted by Gasteiger charge is -2.13. The molecule has 0 amide bonds. The van der Waals surface area contributed by atoms with E-state index in [1.54, 1.807) is 4.57 Å². The lowest BCUT2D eigenvalue weighted by atomic mass is 9.99. The summed E-state index contributed by atoms with van der Waals surface area (Å²) in [6.45, 7) is 0. The van der Waals surface area contributed by atoms with Crippen molar-refractivity contribution in [1.82, 2.24) is 19.5 Å². The third-order valence-electron chi connectivity index (χ3n) is 10.2. The van der Waals surface area contributed by atoms with Gasteiger partial charge < -0.3 is 8.98 Å². The zero-order valence-electron chi connectivity index (χ0n) is 36.6. The summed E-state index contributed by atoms with van der Waals surface area (Å²) >= 11 is 0. The molecule has 3 heterocycles. The van der Waals surface area contributed by atoms with Crippen molar-refractivity contribution in [3.8, 4) is 62.1 Å². The third-order valence-corrected chi connectivity index (χ3v) is 10.2. The van der Waals surface area contributed by atoms with Gasteiger partial charge in [-0.3, -0.25) is 0 Å². The Hall–Kier alpha value is -7.63. The van der Waals surface area contributed by atoms with Crippen LogP contribution in [0.15, 0.2) is 198 Å². The van der Waals surface area contributed by atoms with Crippen LogP contribution in [-0.4, -0.2) is 19.5 Å². The van der Waals surface area contributed by atoms with Crippen molar-refractivity contribution in [3.05, 3.63) is 194 Å². The Labute approximate surface area is 332 Å². The van der Waals surface area contributed by atoms with Crippen LogP contribution in [0.4, 0.5) is 0 Å². The largest absolute Gasteiger partial charge is 0.456 e. The fraction of sp³-hybridized carbons (Fsp3) is 0. The molecule has 0 bridgehead atoms. The average molecular weight is 724 g/mol. The molecule has 0 spiro atoms. The van der Waals surface area contributed by atoms with E-state index < -0.39 is 18.1 Å². The fourth-order valence-corrected chi connectivity index (χ4v) is 7.58. The minimum Gasteiger partial charge on any atom is -0.456 e. The molecule has 0 saturated heterocycles. The molecule has 0 saturated carbocycles. The first-order valence-electron chi connectivity index (χ1n) is 21.7. The minimum atomic E-state index is -0.473. The third kappa shape index (κ3) is 5.29. The van der Waals surface area contributed by atoms with Crippen molar-refractivity contribution in [2.45, 2.75) is 0 Å². The van der Waals surface area contributed by atoms with Crippen molar-refractivity contribution in [1.29, 1.82) is 0 Å². The van der Waals surface area contributed by atoms with Crippen molar-refractivity contribution in [2.75, 3.05) is 0 Å². The zero-order valence-corrected chi connectivity index (χ0v) is 29.6. The molecule has 0 unspecified atom stereocenters. The van der Waals surface area contributed by atoms with Gasteiger partial charge in [-0.2, -0.15) is 0 Å². The second-order valence-electron chi connectivity index (χ2n) is 13.5. The van der Waals surface area contributed by atoms with Gasteiger partial charge in [0.15, 0.2) is 17.5 Å². The molecule has 8 aromatic carbocycles. The second kappa shape index (κ2) is 13.0. The summed E-state index contributed by atoms with van der Waals surface area (Å²) in [5.41, 5.74) is 7.51. The first kappa shape index (κ1) is 25.4. The van der Waals surface area contributed by atoms with E-state index >= 15 is 0 Å². The first-order chi connectivity index (χ1) is 30.7. The molecule has 0 aliphatic rings. The van der Waals surface area contributed by atoms with E-state index in [1.807, 2.05) is 133 Å². The number of furan rings is 1. The van der Waals surface area contributed by atoms with E-state index in [1.165, 1.54) is 0 Å². The number of aromatic nitrogens is 4. The lowest BCUT2D eigenvalue weighted by Crippen LogP contribution is -2.02. The summed E-state index contributed by atoms with van der Waals surface area (Å²) in [6.07, 6.45) is 0. The Balaban J connectivity index is 1.21. The molecule has 0 radical (unpaired) electrons. The number of fused-ring (bicyclic) bond motifs is 6. The van der Waals surface area contributed by atoms with E-state index in [0.717, 1.165) is 38.6 Å². The van der Waals surface area contributed by atoms with E-state index in [4.69, 9.17) is 24.9 Å². The van der Waals surface area contributed by atoms with Crippen molar-refractivity contribution in [3.63, 3.8) is 0 Å². The highest BCUT2D eigenvalue weighted by Gasteiger charge is 2.21. The molecule has 11 rings (SSSR count). The molecule has 56 heavy (non-hydrogen) atoms. The van der Waals surface area contributed by atoms with E-state index in [0.29, 0.717) is 28.2 Å². The predicted molar refractivity (Wildman–Crippen MR) is 229 cm³/mol. The Kier molecular flexibility index (Phi) is 5.92. The summed E-state index contributed by atoms with van der Waals surface area (Å²) in [5.74, 6) is 0.580. The SMILES string of the molecule is [2H]c1c([2H])c([2H])c2c(c1[2H])c1c([2H])c([2H])c([2H])c(-c3nc(-c4ccccc4)nc(-c4ccc5c(c4)oc4cccc(-c6ccccc6)c45)n3)c1n2-c1ccc(-c2ccccc2)cc1. The molecule has 0 aliphatic heterocycles.